The highest BCUT2D eigenvalue weighted by Crippen LogP contribution is 2.27. The topological polar surface area (TPSA) is 44.4 Å². The average Bonchev–Trinajstić information content (AvgIpc) is 3.09. The third-order valence-corrected chi connectivity index (χ3v) is 5.07. The van der Waals surface area contributed by atoms with Crippen molar-refractivity contribution in [3.63, 3.8) is 0 Å². The molecule has 0 spiro atoms. The predicted octanol–water partition coefficient (Wildman–Crippen LogP) is 3.46. The van der Waals surface area contributed by atoms with Crippen LogP contribution in [0, 0.1) is 5.92 Å². The number of nitrogens with one attached hydrogen (secondary N) is 2. The highest BCUT2D eigenvalue weighted by Gasteiger charge is 2.27. The molecule has 4 heteroatoms. The minimum absolute atomic E-state index is 0.0931. The van der Waals surface area contributed by atoms with E-state index < -0.39 is 0 Å². The maximum Gasteiger partial charge on any atom is 0.319 e. The summed E-state index contributed by atoms with van der Waals surface area (Å²) in [7, 11) is 0. The summed E-state index contributed by atoms with van der Waals surface area (Å²) in [5, 5.41) is 5.89. The van der Waals surface area contributed by atoms with Crippen LogP contribution in [0.3, 0.4) is 0 Å². The van der Waals surface area contributed by atoms with E-state index in [2.05, 4.69) is 15.5 Å². The monoisotopic (exact) mass is 301 g/mol. The van der Waals surface area contributed by atoms with Gasteiger partial charge < -0.3 is 15.5 Å². The highest BCUT2D eigenvalue weighted by molar-refractivity contribution is 5.89. The first kappa shape index (κ1) is 15.3. The number of para-hydroxylation sites is 1. The molecule has 4 nitrogen and oxygen atoms in total. The van der Waals surface area contributed by atoms with Crippen molar-refractivity contribution < 1.29 is 4.79 Å². The van der Waals surface area contributed by atoms with E-state index in [0.717, 1.165) is 18.3 Å². The van der Waals surface area contributed by atoms with Crippen molar-refractivity contribution in [3.05, 3.63) is 30.3 Å². The summed E-state index contributed by atoms with van der Waals surface area (Å²) in [4.78, 5) is 14.6. The number of anilines is 1. The van der Waals surface area contributed by atoms with Gasteiger partial charge in [-0.15, -0.1) is 0 Å². The molecule has 0 atom stereocenters. The van der Waals surface area contributed by atoms with Crippen LogP contribution in [0.2, 0.25) is 0 Å². The minimum Gasteiger partial charge on any atom is -0.338 e. The molecular formula is C18H27N3O. The average molecular weight is 301 g/mol. The van der Waals surface area contributed by atoms with Crippen LogP contribution in [-0.4, -0.2) is 36.6 Å². The van der Waals surface area contributed by atoms with Crippen LogP contribution < -0.4 is 10.6 Å². The molecule has 1 aromatic rings. The van der Waals surface area contributed by atoms with E-state index in [0.29, 0.717) is 5.92 Å². The molecule has 120 valence electrons. The number of nitrogens with zero attached hydrogens (tertiary/aromatic N) is 1. The molecule has 2 N–H and O–H groups in total. The van der Waals surface area contributed by atoms with Gasteiger partial charge in [0.2, 0.25) is 0 Å². The molecule has 1 heterocycles. The number of piperidine rings is 1. The van der Waals surface area contributed by atoms with Crippen molar-refractivity contribution in [2.75, 3.05) is 25.0 Å². The zero-order valence-electron chi connectivity index (χ0n) is 13.3. The number of amides is 2. The summed E-state index contributed by atoms with van der Waals surface area (Å²) in [6.45, 7) is 3.20. The zero-order chi connectivity index (χ0) is 15.2. The summed E-state index contributed by atoms with van der Waals surface area (Å²) in [5.41, 5.74) is 0.844. The maximum atomic E-state index is 11.9. The molecule has 2 fully saturated rings. The summed E-state index contributed by atoms with van der Waals surface area (Å²) in [6.07, 6.45) is 8.02. The standard InChI is InChI=1S/C18H27N3O/c22-18(20-16-6-2-1-3-7-16)19-14-15-10-12-21(13-11-15)17-8-4-5-9-17/h1-3,6-7,15,17H,4-5,8-14H2,(H2,19,20,22). The van der Waals surface area contributed by atoms with Crippen LogP contribution in [0.1, 0.15) is 38.5 Å². The second-order valence-electron chi connectivity index (χ2n) is 6.62. The second-order valence-corrected chi connectivity index (χ2v) is 6.62. The number of hydrogen-bond donors (Lipinski definition) is 2. The van der Waals surface area contributed by atoms with E-state index in [1.165, 1.54) is 51.6 Å². The fourth-order valence-corrected chi connectivity index (χ4v) is 3.73. The Kier molecular flexibility index (Phi) is 5.33. The van der Waals surface area contributed by atoms with Crippen LogP contribution >= 0.6 is 0 Å². The fourth-order valence-electron chi connectivity index (χ4n) is 3.73. The van der Waals surface area contributed by atoms with Gasteiger partial charge in [-0.1, -0.05) is 31.0 Å². The van der Waals surface area contributed by atoms with Crippen molar-refractivity contribution in [2.45, 2.75) is 44.6 Å². The van der Waals surface area contributed by atoms with E-state index in [1.807, 2.05) is 30.3 Å². The Morgan fingerprint density at radius 3 is 2.41 bits per heavy atom. The maximum absolute atomic E-state index is 11.9. The normalized spacial score (nSPS) is 20.9. The van der Waals surface area contributed by atoms with Crippen LogP contribution in [0.25, 0.3) is 0 Å². The zero-order valence-corrected chi connectivity index (χ0v) is 13.3. The lowest BCUT2D eigenvalue weighted by molar-refractivity contribution is 0.134. The number of rotatable bonds is 4. The Morgan fingerprint density at radius 1 is 1.05 bits per heavy atom. The molecule has 0 radical (unpaired) electrons. The fraction of sp³-hybridized carbons (Fsp3) is 0.611. The van der Waals surface area contributed by atoms with Crippen LogP contribution in [0.15, 0.2) is 30.3 Å². The number of benzene rings is 1. The lowest BCUT2D eigenvalue weighted by atomic mass is 9.95. The third kappa shape index (κ3) is 4.23. The Balaban J connectivity index is 1.35. The summed E-state index contributed by atoms with van der Waals surface area (Å²) in [5.74, 6) is 0.624. The highest BCUT2D eigenvalue weighted by atomic mass is 16.2. The van der Waals surface area contributed by atoms with E-state index in [9.17, 15) is 4.79 Å². The van der Waals surface area contributed by atoms with Gasteiger partial charge in [0.1, 0.15) is 0 Å². The quantitative estimate of drug-likeness (QED) is 0.894. The van der Waals surface area contributed by atoms with E-state index in [1.54, 1.807) is 0 Å². The molecule has 3 rings (SSSR count). The van der Waals surface area contributed by atoms with Crippen LogP contribution in [-0.2, 0) is 0 Å². The van der Waals surface area contributed by atoms with Crippen molar-refractivity contribution >= 4 is 11.7 Å². The van der Waals surface area contributed by atoms with Crippen molar-refractivity contribution in [2.24, 2.45) is 5.92 Å². The number of carbonyl (C=O) groups excluding carboxylic acids is 1. The molecule has 0 aromatic heterocycles. The lowest BCUT2D eigenvalue weighted by Gasteiger charge is -2.36. The number of carbonyl (C=O) groups is 1. The molecule has 0 bridgehead atoms. The minimum atomic E-state index is -0.0931. The molecule has 22 heavy (non-hydrogen) atoms. The molecule has 1 aromatic carbocycles. The van der Waals surface area contributed by atoms with Gasteiger partial charge in [-0.25, -0.2) is 4.79 Å². The van der Waals surface area contributed by atoms with Gasteiger partial charge in [-0.2, -0.15) is 0 Å². The SMILES string of the molecule is O=C(NCC1CCN(C2CCCC2)CC1)Nc1ccccc1. The Labute approximate surface area is 133 Å². The van der Waals surface area contributed by atoms with Gasteiger partial charge in [-0.05, 0) is 56.8 Å². The Bertz CT molecular complexity index is 462. The predicted molar refractivity (Wildman–Crippen MR) is 90.0 cm³/mol. The summed E-state index contributed by atoms with van der Waals surface area (Å²) in [6, 6.07) is 10.4. The first-order valence-electron chi connectivity index (χ1n) is 8.65. The van der Waals surface area contributed by atoms with Gasteiger partial charge in [-0.3, -0.25) is 0 Å². The summed E-state index contributed by atoms with van der Waals surface area (Å²) >= 11 is 0. The Morgan fingerprint density at radius 2 is 1.73 bits per heavy atom. The molecular weight excluding hydrogens is 274 g/mol. The molecule has 0 unspecified atom stereocenters. The lowest BCUT2D eigenvalue weighted by Crippen LogP contribution is -2.43. The van der Waals surface area contributed by atoms with Crippen molar-refractivity contribution in [1.29, 1.82) is 0 Å². The number of hydrogen-bond acceptors (Lipinski definition) is 2. The number of urea groups is 1. The van der Waals surface area contributed by atoms with Crippen LogP contribution in [0.4, 0.5) is 10.5 Å². The second kappa shape index (κ2) is 7.63. The molecule has 1 aliphatic carbocycles. The van der Waals surface area contributed by atoms with Crippen molar-refractivity contribution in [1.82, 2.24) is 10.2 Å². The van der Waals surface area contributed by atoms with Gasteiger partial charge in [0.15, 0.2) is 0 Å². The smallest absolute Gasteiger partial charge is 0.319 e. The number of likely N-dealkylation sites (tertiary alicyclic amines) is 1. The molecule has 2 aliphatic rings. The van der Waals surface area contributed by atoms with E-state index >= 15 is 0 Å². The largest absolute Gasteiger partial charge is 0.338 e. The first-order valence-corrected chi connectivity index (χ1v) is 8.65. The molecule has 1 aliphatic heterocycles. The Hall–Kier alpha value is -1.55. The summed E-state index contributed by atoms with van der Waals surface area (Å²) < 4.78 is 0. The van der Waals surface area contributed by atoms with Gasteiger partial charge in [0.25, 0.3) is 0 Å². The van der Waals surface area contributed by atoms with Crippen LogP contribution in [0.5, 0.6) is 0 Å². The molecule has 1 saturated heterocycles. The van der Waals surface area contributed by atoms with Gasteiger partial charge >= 0.3 is 6.03 Å². The molecule has 2 amide bonds. The van der Waals surface area contributed by atoms with Crippen molar-refractivity contribution in [3.8, 4) is 0 Å². The van der Waals surface area contributed by atoms with Gasteiger partial charge in [0.05, 0.1) is 0 Å². The van der Waals surface area contributed by atoms with E-state index in [4.69, 9.17) is 0 Å². The van der Waals surface area contributed by atoms with Gasteiger partial charge in [0, 0.05) is 18.3 Å². The first-order chi connectivity index (χ1) is 10.8. The molecule has 1 saturated carbocycles. The third-order valence-electron chi connectivity index (χ3n) is 5.07. The van der Waals surface area contributed by atoms with E-state index in [-0.39, 0.29) is 6.03 Å².